The molecule has 3 aromatic rings. The molecule has 0 saturated carbocycles. The van der Waals surface area contributed by atoms with E-state index >= 15 is 0 Å². The molecular formula is C27H38N4O2S. The van der Waals surface area contributed by atoms with Crippen LogP contribution in [0.3, 0.4) is 0 Å². The van der Waals surface area contributed by atoms with Crippen molar-refractivity contribution in [1.29, 1.82) is 0 Å². The van der Waals surface area contributed by atoms with Crippen LogP contribution in [-0.2, 0) is 23.1 Å². The van der Waals surface area contributed by atoms with Crippen molar-refractivity contribution in [2.75, 3.05) is 31.9 Å². The summed E-state index contributed by atoms with van der Waals surface area (Å²) in [5, 5.41) is 8.15. The van der Waals surface area contributed by atoms with Crippen LogP contribution in [0.5, 0.6) is 0 Å². The van der Waals surface area contributed by atoms with E-state index in [1.807, 2.05) is 0 Å². The van der Waals surface area contributed by atoms with E-state index in [9.17, 15) is 8.42 Å². The maximum Gasteiger partial charge on any atom is 0.213 e. The molecule has 0 spiro atoms. The lowest BCUT2D eigenvalue weighted by Crippen LogP contribution is -2.38. The Morgan fingerprint density at radius 3 is 2.15 bits per heavy atom. The lowest BCUT2D eigenvalue weighted by molar-refractivity contribution is 0.321. The van der Waals surface area contributed by atoms with Gasteiger partial charge in [-0.05, 0) is 90.9 Å². The highest BCUT2D eigenvalue weighted by Gasteiger charge is 2.28. The topological polar surface area (TPSA) is 77.2 Å². The number of rotatable bonds is 10. The number of H-pyrrole nitrogens is 1. The van der Waals surface area contributed by atoms with Crippen molar-refractivity contribution in [3.63, 3.8) is 0 Å². The Hall–Kier alpha value is -2.19. The Balaban J connectivity index is 1.62. The molecule has 0 aliphatic carbocycles. The summed E-state index contributed by atoms with van der Waals surface area (Å²) < 4.78 is 26.2. The number of nitrogens with one attached hydrogen (secondary N) is 3. The molecule has 1 aromatic heterocycles. The summed E-state index contributed by atoms with van der Waals surface area (Å²) in [6, 6.07) is 13.5. The molecule has 0 atom stereocenters. The maximum absolute atomic E-state index is 12.3. The van der Waals surface area contributed by atoms with Crippen LogP contribution < -0.4 is 10.6 Å². The zero-order valence-corrected chi connectivity index (χ0v) is 21.5. The predicted molar refractivity (Wildman–Crippen MR) is 142 cm³/mol. The van der Waals surface area contributed by atoms with Crippen LogP contribution in [0.2, 0.25) is 0 Å². The van der Waals surface area contributed by atoms with Gasteiger partial charge >= 0.3 is 0 Å². The molecule has 0 bridgehead atoms. The fourth-order valence-corrected chi connectivity index (χ4v) is 6.09. The number of hydrogen-bond acceptors (Lipinski definition) is 4. The molecule has 1 aliphatic rings. The van der Waals surface area contributed by atoms with Crippen LogP contribution in [0, 0.1) is 0 Å². The number of aromatic nitrogens is 1. The lowest BCUT2D eigenvalue weighted by atomic mass is 9.89. The molecule has 184 valence electrons. The van der Waals surface area contributed by atoms with Crippen molar-refractivity contribution in [3.05, 3.63) is 59.3 Å². The van der Waals surface area contributed by atoms with Gasteiger partial charge in [0.2, 0.25) is 10.0 Å². The summed E-state index contributed by atoms with van der Waals surface area (Å²) in [5.41, 5.74) is 7.50. The van der Waals surface area contributed by atoms with Crippen molar-refractivity contribution < 1.29 is 8.42 Å². The van der Waals surface area contributed by atoms with E-state index in [2.05, 4.69) is 72.1 Å². The molecule has 0 unspecified atom stereocenters. The fourth-order valence-electron chi connectivity index (χ4n) is 4.96. The SMILES string of the molecule is CCNCc1cc(CNCC)cc(-c2ccc3[nH]cc(C4CCN(S(=O)(=O)CC)CC4)c3c2)c1. The van der Waals surface area contributed by atoms with Crippen LogP contribution in [0.25, 0.3) is 22.0 Å². The highest BCUT2D eigenvalue weighted by Crippen LogP contribution is 2.36. The first kappa shape index (κ1) is 24.9. The van der Waals surface area contributed by atoms with Crippen molar-refractivity contribution in [2.24, 2.45) is 0 Å². The molecule has 0 amide bonds. The van der Waals surface area contributed by atoms with E-state index in [1.54, 1.807) is 11.2 Å². The molecule has 7 heteroatoms. The molecule has 2 heterocycles. The summed E-state index contributed by atoms with van der Waals surface area (Å²) in [5.74, 6) is 0.549. The minimum absolute atomic E-state index is 0.177. The number of sulfonamides is 1. The summed E-state index contributed by atoms with van der Waals surface area (Å²) in [7, 11) is -3.11. The second-order valence-corrected chi connectivity index (χ2v) is 11.4. The third-order valence-electron chi connectivity index (χ3n) is 6.91. The van der Waals surface area contributed by atoms with Crippen LogP contribution in [0.15, 0.2) is 42.6 Å². The fraction of sp³-hybridized carbons (Fsp3) is 0.481. The molecule has 1 aliphatic heterocycles. The second kappa shape index (κ2) is 11.0. The van der Waals surface area contributed by atoms with E-state index in [4.69, 9.17) is 0 Å². The molecule has 1 saturated heterocycles. The van der Waals surface area contributed by atoms with Gasteiger partial charge in [0.15, 0.2) is 0 Å². The zero-order chi connectivity index (χ0) is 24.1. The van der Waals surface area contributed by atoms with Gasteiger partial charge in [-0.1, -0.05) is 26.0 Å². The Morgan fingerprint density at radius 1 is 0.912 bits per heavy atom. The summed E-state index contributed by atoms with van der Waals surface area (Å²) in [4.78, 5) is 3.44. The molecule has 0 radical (unpaired) electrons. The molecular weight excluding hydrogens is 444 g/mol. The number of piperidine rings is 1. The van der Waals surface area contributed by atoms with Gasteiger partial charge in [-0.2, -0.15) is 0 Å². The monoisotopic (exact) mass is 482 g/mol. The first-order valence-corrected chi connectivity index (χ1v) is 14.2. The second-order valence-electron chi connectivity index (χ2n) is 9.18. The van der Waals surface area contributed by atoms with Gasteiger partial charge in [0, 0.05) is 43.3 Å². The van der Waals surface area contributed by atoms with E-state index in [0.717, 1.165) is 44.5 Å². The van der Waals surface area contributed by atoms with E-state index in [-0.39, 0.29) is 5.75 Å². The van der Waals surface area contributed by atoms with Gasteiger partial charge in [-0.3, -0.25) is 0 Å². The van der Waals surface area contributed by atoms with Crippen molar-refractivity contribution >= 4 is 20.9 Å². The average Bonchev–Trinajstić information content (AvgIpc) is 3.29. The third-order valence-corrected chi connectivity index (χ3v) is 8.79. The van der Waals surface area contributed by atoms with Gasteiger partial charge in [-0.25, -0.2) is 12.7 Å². The van der Waals surface area contributed by atoms with Crippen LogP contribution in [0.4, 0.5) is 0 Å². The number of benzene rings is 2. The summed E-state index contributed by atoms with van der Waals surface area (Å²) >= 11 is 0. The molecule has 3 N–H and O–H groups in total. The van der Waals surface area contributed by atoms with Crippen molar-refractivity contribution in [2.45, 2.75) is 52.6 Å². The van der Waals surface area contributed by atoms with Gasteiger partial charge < -0.3 is 15.6 Å². The van der Waals surface area contributed by atoms with Gasteiger partial charge in [0.05, 0.1) is 5.75 Å². The van der Waals surface area contributed by atoms with Crippen LogP contribution in [0.1, 0.15) is 56.2 Å². The number of aromatic amines is 1. The quantitative estimate of drug-likeness (QED) is 0.395. The number of hydrogen-bond donors (Lipinski definition) is 3. The molecule has 2 aromatic carbocycles. The van der Waals surface area contributed by atoms with Crippen LogP contribution in [-0.4, -0.2) is 49.6 Å². The highest BCUT2D eigenvalue weighted by molar-refractivity contribution is 7.89. The number of fused-ring (bicyclic) bond motifs is 1. The molecule has 6 nitrogen and oxygen atoms in total. The molecule has 4 rings (SSSR count). The zero-order valence-electron chi connectivity index (χ0n) is 20.7. The molecule has 34 heavy (non-hydrogen) atoms. The van der Waals surface area contributed by atoms with Gasteiger partial charge in [0.25, 0.3) is 0 Å². The van der Waals surface area contributed by atoms with E-state index in [1.165, 1.54) is 33.2 Å². The summed E-state index contributed by atoms with van der Waals surface area (Å²) in [6.45, 7) is 10.8. The number of nitrogens with zero attached hydrogens (tertiary/aromatic N) is 1. The van der Waals surface area contributed by atoms with Gasteiger partial charge in [-0.15, -0.1) is 0 Å². The van der Waals surface area contributed by atoms with Crippen LogP contribution >= 0.6 is 0 Å². The van der Waals surface area contributed by atoms with Gasteiger partial charge in [0.1, 0.15) is 0 Å². The first-order chi connectivity index (χ1) is 16.4. The smallest absolute Gasteiger partial charge is 0.213 e. The first-order valence-electron chi connectivity index (χ1n) is 12.6. The van der Waals surface area contributed by atoms with Crippen molar-refractivity contribution in [3.8, 4) is 11.1 Å². The van der Waals surface area contributed by atoms with E-state index in [0.29, 0.717) is 19.0 Å². The normalized spacial score (nSPS) is 15.9. The maximum atomic E-state index is 12.3. The minimum Gasteiger partial charge on any atom is -0.361 e. The largest absolute Gasteiger partial charge is 0.361 e. The minimum atomic E-state index is -3.11. The van der Waals surface area contributed by atoms with E-state index < -0.39 is 10.0 Å². The standard InChI is InChI=1S/C27H38N4O2S/c1-4-28-17-20-13-21(18-29-5-2)15-24(14-20)23-7-8-27-25(16-23)26(19-30-27)22-9-11-31(12-10-22)34(32,33)6-3/h7-8,13-16,19,22,28-30H,4-6,9-12,17-18H2,1-3H3. The van der Waals surface area contributed by atoms with Crippen molar-refractivity contribution in [1.82, 2.24) is 19.9 Å². The highest BCUT2D eigenvalue weighted by atomic mass is 32.2. The predicted octanol–water partition coefficient (Wildman–Crippen LogP) is 4.58. The average molecular weight is 483 g/mol. The Bertz CT molecular complexity index is 1180. The third kappa shape index (κ3) is 5.54. The Morgan fingerprint density at radius 2 is 1.56 bits per heavy atom. The Labute approximate surface area is 204 Å². The Kier molecular flexibility index (Phi) is 8.09. The molecule has 1 fully saturated rings. The lowest BCUT2D eigenvalue weighted by Gasteiger charge is -2.30. The summed E-state index contributed by atoms with van der Waals surface area (Å²) in [6.07, 6.45) is 3.85.